The second kappa shape index (κ2) is 7.26. The van der Waals surface area contributed by atoms with Crippen molar-refractivity contribution in [2.75, 3.05) is 5.32 Å². The molecule has 0 atom stereocenters. The van der Waals surface area contributed by atoms with Crippen LogP contribution >= 0.6 is 0 Å². The Morgan fingerprint density at radius 1 is 1.29 bits per heavy atom. The zero-order valence-corrected chi connectivity index (χ0v) is 15.5. The molecule has 146 valence electrons. The Bertz CT molecular complexity index is 1010. The van der Waals surface area contributed by atoms with E-state index in [2.05, 4.69) is 20.3 Å². The number of fused-ring (bicyclic) bond motifs is 1. The number of halogens is 2. The molecule has 1 saturated carbocycles. The first kappa shape index (κ1) is 18.5. The van der Waals surface area contributed by atoms with Crippen LogP contribution in [0.3, 0.4) is 0 Å². The monoisotopic (exact) mass is 385 g/mol. The Morgan fingerprint density at radius 3 is 2.82 bits per heavy atom. The van der Waals surface area contributed by atoms with Crippen molar-refractivity contribution in [1.29, 1.82) is 0 Å². The number of amides is 1. The molecule has 8 heteroatoms. The maximum absolute atomic E-state index is 13.2. The summed E-state index contributed by atoms with van der Waals surface area (Å²) in [6, 6.07) is 3.83. The topological polar surface area (TPSA) is 72.2 Å². The Morgan fingerprint density at radius 2 is 2.07 bits per heavy atom. The van der Waals surface area contributed by atoms with Crippen molar-refractivity contribution in [2.24, 2.45) is 5.92 Å². The van der Waals surface area contributed by atoms with Crippen LogP contribution in [0.25, 0.3) is 16.9 Å². The molecule has 28 heavy (non-hydrogen) atoms. The number of carbonyl (C=O) groups is 1. The van der Waals surface area contributed by atoms with Crippen molar-refractivity contribution in [2.45, 2.75) is 45.0 Å². The predicted molar refractivity (Wildman–Crippen MR) is 101 cm³/mol. The molecule has 0 saturated heterocycles. The van der Waals surface area contributed by atoms with Gasteiger partial charge in [-0.1, -0.05) is 0 Å². The van der Waals surface area contributed by atoms with E-state index in [4.69, 9.17) is 0 Å². The molecule has 0 spiro atoms. The standard InChI is InChI=1S/C20H21F2N5O/c1-13-8-15(4-7-23-13)16-11-27-12-17(25-18(27)10-24-16)26-19(28)9-14-2-5-20(21,22)6-3-14/h4,7-8,10-12,14H,2-3,5-6,9H2,1H3,(H,26,28). The third-order valence-corrected chi connectivity index (χ3v) is 5.11. The lowest BCUT2D eigenvalue weighted by Gasteiger charge is -2.27. The normalized spacial score (nSPS) is 17.0. The van der Waals surface area contributed by atoms with Crippen LogP contribution in [0.1, 0.15) is 37.8 Å². The molecule has 1 aliphatic rings. The number of hydrogen-bond acceptors (Lipinski definition) is 4. The first-order valence-corrected chi connectivity index (χ1v) is 9.33. The summed E-state index contributed by atoms with van der Waals surface area (Å²) in [6.45, 7) is 1.92. The van der Waals surface area contributed by atoms with Crippen LogP contribution in [0.4, 0.5) is 14.6 Å². The lowest BCUT2D eigenvalue weighted by molar-refractivity contribution is -0.118. The molecule has 0 unspecified atom stereocenters. The number of aromatic nitrogens is 4. The summed E-state index contributed by atoms with van der Waals surface area (Å²) in [6.07, 6.45) is 7.67. The van der Waals surface area contributed by atoms with Gasteiger partial charge in [0, 0.05) is 42.9 Å². The minimum absolute atomic E-state index is 0.000134. The summed E-state index contributed by atoms with van der Waals surface area (Å²) in [5.74, 6) is -2.35. The number of alkyl halides is 2. The molecule has 0 aliphatic heterocycles. The Balaban J connectivity index is 1.44. The van der Waals surface area contributed by atoms with Gasteiger partial charge >= 0.3 is 0 Å². The summed E-state index contributed by atoms with van der Waals surface area (Å²) in [4.78, 5) is 25.2. The molecule has 3 aromatic rings. The Hall–Kier alpha value is -2.90. The molecule has 0 aromatic carbocycles. The van der Waals surface area contributed by atoms with Gasteiger partial charge in [-0.15, -0.1) is 0 Å². The zero-order valence-electron chi connectivity index (χ0n) is 15.5. The molecule has 1 fully saturated rings. The van der Waals surface area contributed by atoms with Crippen LogP contribution in [0, 0.1) is 12.8 Å². The number of carbonyl (C=O) groups excluding carboxylic acids is 1. The van der Waals surface area contributed by atoms with Crippen LogP contribution in [0.15, 0.2) is 36.9 Å². The van der Waals surface area contributed by atoms with Gasteiger partial charge in [0.1, 0.15) is 0 Å². The predicted octanol–water partition coefficient (Wildman–Crippen LogP) is 4.25. The van der Waals surface area contributed by atoms with Gasteiger partial charge in [0.25, 0.3) is 0 Å². The number of hydrogen-bond donors (Lipinski definition) is 1. The van der Waals surface area contributed by atoms with Crippen LogP contribution in [-0.4, -0.2) is 31.2 Å². The summed E-state index contributed by atoms with van der Waals surface area (Å²) < 4.78 is 28.3. The number of nitrogens with one attached hydrogen (secondary N) is 1. The fourth-order valence-electron chi connectivity index (χ4n) is 3.57. The zero-order chi connectivity index (χ0) is 19.7. The molecule has 0 bridgehead atoms. The first-order chi connectivity index (χ1) is 13.4. The molecule has 4 rings (SSSR count). The number of aryl methyl sites for hydroxylation is 1. The lowest BCUT2D eigenvalue weighted by atomic mass is 9.84. The summed E-state index contributed by atoms with van der Waals surface area (Å²) in [5, 5.41) is 2.77. The highest BCUT2D eigenvalue weighted by Gasteiger charge is 2.35. The fourth-order valence-corrected chi connectivity index (χ4v) is 3.57. The third kappa shape index (κ3) is 4.16. The number of imidazole rings is 1. The van der Waals surface area contributed by atoms with Crippen LogP contribution in [0.5, 0.6) is 0 Å². The highest BCUT2D eigenvalue weighted by Crippen LogP contribution is 2.37. The van der Waals surface area contributed by atoms with Gasteiger partial charge in [0.05, 0.1) is 18.1 Å². The van der Waals surface area contributed by atoms with Crippen molar-refractivity contribution in [1.82, 2.24) is 19.4 Å². The van der Waals surface area contributed by atoms with Gasteiger partial charge in [0.2, 0.25) is 11.8 Å². The highest BCUT2D eigenvalue weighted by molar-refractivity contribution is 5.90. The number of anilines is 1. The second-order valence-electron chi connectivity index (χ2n) is 7.40. The van der Waals surface area contributed by atoms with Crippen molar-refractivity contribution < 1.29 is 13.6 Å². The van der Waals surface area contributed by atoms with Crippen LogP contribution < -0.4 is 5.32 Å². The Kier molecular flexibility index (Phi) is 4.78. The van der Waals surface area contributed by atoms with Crippen molar-refractivity contribution in [3.05, 3.63) is 42.6 Å². The average Bonchev–Trinajstić information content (AvgIpc) is 3.04. The van der Waals surface area contributed by atoms with E-state index in [0.717, 1.165) is 17.0 Å². The summed E-state index contributed by atoms with van der Waals surface area (Å²) >= 11 is 0. The van der Waals surface area contributed by atoms with E-state index >= 15 is 0 Å². The highest BCUT2D eigenvalue weighted by atomic mass is 19.3. The molecule has 1 aliphatic carbocycles. The molecule has 1 amide bonds. The van der Waals surface area contributed by atoms with Crippen LogP contribution in [-0.2, 0) is 4.79 Å². The average molecular weight is 385 g/mol. The molecular weight excluding hydrogens is 364 g/mol. The molecule has 3 aromatic heterocycles. The molecule has 3 heterocycles. The molecule has 6 nitrogen and oxygen atoms in total. The van der Waals surface area contributed by atoms with Gasteiger partial charge < -0.3 is 9.72 Å². The largest absolute Gasteiger partial charge is 0.309 e. The van der Waals surface area contributed by atoms with E-state index in [1.807, 2.05) is 25.3 Å². The minimum atomic E-state index is -2.58. The van der Waals surface area contributed by atoms with E-state index in [9.17, 15) is 13.6 Å². The maximum Gasteiger partial charge on any atom is 0.248 e. The molecule has 1 N–H and O–H groups in total. The third-order valence-electron chi connectivity index (χ3n) is 5.11. The quantitative estimate of drug-likeness (QED) is 0.729. The van der Waals surface area contributed by atoms with E-state index < -0.39 is 5.92 Å². The first-order valence-electron chi connectivity index (χ1n) is 9.33. The SMILES string of the molecule is Cc1cc(-c2cn3cc(NC(=O)CC4CCC(F)(F)CC4)nc3cn2)ccn1. The second-order valence-corrected chi connectivity index (χ2v) is 7.40. The number of pyridine rings is 1. The minimum Gasteiger partial charge on any atom is -0.309 e. The van der Waals surface area contributed by atoms with Gasteiger partial charge in [-0.3, -0.25) is 14.8 Å². The number of rotatable bonds is 4. The van der Waals surface area contributed by atoms with Crippen LogP contribution in [0.2, 0.25) is 0 Å². The molecule has 0 radical (unpaired) electrons. The fraction of sp³-hybridized carbons (Fsp3) is 0.400. The smallest absolute Gasteiger partial charge is 0.248 e. The number of nitrogens with zero attached hydrogens (tertiary/aromatic N) is 4. The van der Waals surface area contributed by atoms with Crippen molar-refractivity contribution in [3.63, 3.8) is 0 Å². The van der Waals surface area contributed by atoms with E-state index in [-0.39, 0.29) is 31.1 Å². The van der Waals surface area contributed by atoms with Gasteiger partial charge in [-0.2, -0.15) is 0 Å². The Labute approximate surface area is 161 Å². The van der Waals surface area contributed by atoms with E-state index in [1.54, 1.807) is 23.0 Å². The van der Waals surface area contributed by atoms with Crippen molar-refractivity contribution in [3.8, 4) is 11.3 Å². The van der Waals surface area contributed by atoms with Gasteiger partial charge in [-0.05, 0) is 37.8 Å². The lowest BCUT2D eigenvalue weighted by Crippen LogP contribution is -2.27. The molecular formula is C20H21F2N5O. The van der Waals surface area contributed by atoms with E-state index in [1.165, 1.54) is 0 Å². The van der Waals surface area contributed by atoms with Gasteiger partial charge in [-0.25, -0.2) is 13.8 Å². The van der Waals surface area contributed by atoms with E-state index in [0.29, 0.717) is 24.3 Å². The summed E-state index contributed by atoms with van der Waals surface area (Å²) in [7, 11) is 0. The maximum atomic E-state index is 13.2. The van der Waals surface area contributed by atoms with Crippen molar-refractivity contribution >= 4 is 17.4 Å². The van der Waals surface area contributed by atoms with Gasteiger partial charge in [0.15, 0.2) is 11.5 Å². The summed E-state index contributed by atoms with van der Waals surface area (Å²) in [5.41, 5.74) is 3.24.